The second kappa shape index (κ2) is 8.56. The fourth-order valence-corrected chi connectivity index (χ4v) is 3.38. The van der Waals surface area contributed by atoms with Crippen LogP contribution >= 0.6 is 0 Å². The number of methoxy groups -OCH3 is 1. The minimum atomic E-state index is -0.402. The van der Waals surface area contributed by atoms with Gasteiger partial charge < -0.3 is 14.0 Å². The number of hydrogen-bond acceptors (Lipinski definition) is 4. The Balaban J connectivity index is 1.84. The van der Waals surface area contributed by atoms with Gasteiger partial charge in [0, 0.05) is 6.08 Å². The fraction of sp³-hybridized carbons (Fsp3) is 0.375. The van der Waals surface area contributed by atoms with E-state index in [4.69, 9.17) is 14.0 Å². The molecule has 5 heteroatoms. The van der Waals surface area contributed by atoms with Crippen LogP contribution in [-0.2, 0) is 25.3 Å². The van der Waals surface area contributed by atoms with Gasteiger partial charge in [0.15, 0.2) is 0 Å². The monoisotopic (exact) mass is 392 g/mol. The van der Waals surface area contributed by atoms with Crippen LogP contribution in [0.3, 0.4) is 0 Å². The second-order valence-corrected chi connectivity index (χ2v) is 8.35. The molecular formula is C24H29BO4. The molecular weight excluding hydrogens is 363 g/mol. The van der Waals surface area contributed by atoms with Gasteiger partial charge in [-0.2, -0.15) is 0 Å². The minimum Gasteiger partial charge on any atom is -0.466 e. The van der Waals surface area contributed by atoms with Crippen molar-refractivity contribution in [1.82, 2.24) is 0 Å². The summed E-state index contributed by atoms with van der Waals surface area (Å²) >= 11 is 0. The van der Waals surface area contributed by atoms with Gasteiger partial charge in [0.25, 0.3) is 0 Å². The number of hydrogen-bond donors (Lipinski definition) is 0. The van der Waals surface area contributed by atoms with Gasteiger partial charge in [-0.25, -0.2) is 4.79 Å². The Hall–Kier alpha value is -2.37. The summed E-state index contributed by atoms with van der Waals surface area (Å²) in [6, 6.07) is 18.1. The van der Waals surface area contributed by atoms with Crippen molar-refractivity contribution < 1.29 is 18.8 Å². The molecule has 0 aliphatic carbocycles. The minimum absolute atomic E-state index is 0.344. The van der Waals surface area contributed by atoms with Crippen molar-refractivity contribution in [2.45, 2.75) is 51.7 Å². The first-order valence-electron chi connectivity index (χ1n) is 10.0. The Kier molecular flexibility index (Phi) is 6.30. The number of aryl methyl sites for hydroxylation is 1. The molecule has 0 unspecified atom stereocenters. The van der Waals surface area contributed by atoms with Gasteiger partial charge in [0.2, 0.25) is 0 Å². The molecule has 152 valence electrons. The molecule has 1 saturated heterocycles. The van der Waals surface area contributed by atoms with E-state index in [1.54, 1.807) is 6.08 Å². The van der Waals surface area contributed by atoms with Gasteiger partial charge in [0.1, 0.15) is 0 Å². The Bertz CT molecular complexity index is 871. The van der Waals surface area contributed by atoms with Crippen LogP contribution in [0.2, 0.25) is 0 Å². The topological polar surface area (TPSA) is 44.8 Å². The van der Waals surface area contributed by atoms with Gasteiger partial charge in [-0.1, -0.05) is 54.6 Å². The van der Waals surface area contributed by atoms with Gasteiger partial charge in [-0.3, -0.25) is 0 Å². The highest BCUT2D eigenvalue weighted by atomic mass is 16.7. The molecule has 2 aromatic rings. The summed E-state index contributed by atoms with van der Waals surface area (Å²) in [6.07, 6.45) is 3.04. The van der Waals surface area contributed by atoms with Crippen molar-refractivity contribution in [1.29, 1.82) is 0 Å². The van der Waals surface area contributed by atoms with Crippen LogP contribution in [0.1, 0.15) is 45.2 Å². The molecule has 1 fully saturated rings. The van der Waals surface area contributed by atoms with Crippen molar-refractivity contribution in [3.05, 3.63) is 71.8 Å². The first kappa shape index (κ1) is 21.3. The average molecular weight is 392 g/mol. The van der Waals surface area contributed by atoms with Crippen LogP contribution in [0, 0.1) is 0 Å². The van der Waals surface area contributed by atoms with Crippen LogP contribution in [0.25, 0.3) is 5.57 Å². The summed E-state index contributed by atoms with van der Waals surface area (Å²) in [7, 11) is 0.996. The molecule has 4 nitrogen and oxygen atoms in total. The standard InChI is InChI=1S/C24H29BO4/c1-23(2)24(3,4)29-25(28-23)21-14-10-9-13-19(21)15-16-20(17-22(26)27-5)18-11-7-6-8-12-18/h6-14,17H,15-16H2,1-5H3/b20-17+. The van der Waals surface area contributed by atoms with E-state index in [1.165, 1.54) is 7.11 Å². The van der Waals surface area contributed by atoms with Crippen LogP contribution in [0.4, 0.5) is 0 Å². The molecule has 0 radical (unpaired) electrons. The van der Waals surface area contributed by atoms with Crippen LogP contribution in [-0.4, -0.2) is 31.4 Å². The number of esters is 1. The van der Waals surface area contributed by atoms with Gasteiger partial charge >= 0.3 is 13.1 Å². The lowest BCUT2D eigenvalue weighted by atomic mass is 9.75. The van der Waals surface area contributed by atoms with Gasteiger partial charge in [0.05, 0.1) is 18.3 Å². The lowest BCUT2D eigenvalue weighted by Gasteiger charge is -2.32. The zero-order chi connectivity index (χ0) is 21.1. The molecule has 0 aromatic heterocycles. The molecule has 3 rings (SSSR count). The third-order valence-electron chi connectivity index (χ3n) is 5.86. The molecule has 1 heterocycles. The molecule has 2 aromatic carbocycles. The molecule has 1 aliphatic heterocycles. The molecule has 0 N–H and O–H groups in total. The number of carbonyl (C=O) groups is 1. The Morgan fingerprint density at radius 1 is 0.966 bits per heavy atom. The number of allylic oxidation sites excluding steroid dienone is 1. The third-order valence-corrected chi connectivity index (χ3v) is 5.86. The lowest BCUT2D eigenvalue weighted by molar-refractivity contribution is -0.134. The van der Waals surface area contributed by atoms with Gasteiger partial charge in [-0.05, 0) is 62.7 Å². The maximum Gasteiger partial charge on any atom is 0.495 e. The zero-order valence-corrected chi connectivity index (χ0v) is 17.9. The summed E-state index contributed by atoms with van der Waals surface area (Å²) < 4.78 is 17.4. The van der Waals surface area contributed by atoms with E-state index >= 15 is 0 Å². The number of carbonyl (C=O) groups excluding carboxylic acids is 1. The smallest absolute Gasteiger partial charge is 0.466 e. The maximum atomic E-state index is 11.9. The Morgan fingerprint density at radius 2 is 1.55 bits per heavy atom. The number of benzene rings is 2. The maximum absolute atomic E-state index is 11.9. The Morgan fingerprint density at radius 3 is 2.17 bits per heavy atom. The zero-order valence-electron chi connectivity index (χ0n) is 17.9. The molecule has 0 amide bonds. The van der Waals surface area contributed by atoms with E-state index in [0.29, 0.717) is 6.42 Å². The van der Waals surface area contributed by atoms with E-state index in [0.717, 1.165) is 28.6 Å². The van der Waals surface area contributed by atoms with Crippen molar-refractivity contribution in [2.75, 3.05) is 7.11 Å². The molecule has 0 bridgehead atoms. The van der Waals surface area contributed by atoms with E-state index in [2.05, 4.69) is 39.8 Å². The van der Waals surface area contributed by atoms with Crippen molar-refractivity contribution >= 4 is 24.1 Å². The fourth-order valence-electron chi connectivity index (χ4n) is 3.38. The molecule has 0 atom stereocenters. The van der Waals surface area contributed by atoms with E-state index in [1.807, 2.05) is 42.5 Å². The summed E-state index contributed by atoms with van der Waals surface area (Å²) in [6.45, 7) is 8.23. The molecule has 29 heavy (non-hydrogen) atoms. The van der Waals surface area contributed by atoms with Crippen molar-refractivity contribution in [3.63, 3.8) is 0 Å². The summed E-state index contributed by atoms with van der Waals surface area (Å²) in [5.41, 5.74) is 3.39. The van der Waals surface area contributed by atoms with E-state index in [-0.39, 0.29) is 17.2 Å². The van der Waals surface area contributed by atoms with E-state index in [9.17, 15) is 4.79 Å². The quantitative estimate of drug-likeness (QED) is 0.421. The predicted octanol–water partition coefficient (Wildman–Crippen LogP) is 4.18. The molecule has 0 saturated carbocycles. The summed E-state index contributed by atoms with van der Waals surface area (Å²) in [4.78, 5) is 11.9. The highest BCUT2D eigenvalue weighted by Crippen LogP contribution is 2.36. The first-order valence-corrected chi connectivity index (χ1v) is 10.0. The SMILES string of the molecule is COC(=O)/C=C(\CCc1ccccc1B1OC(C)(C)C(C)(C)O1)c1ccccc1. The van der Waals surface area contributed by atoms with Gasteiger partial charge in [-0.15, -0.1) is 0 Å². The number of rotatable bonds is 6. The third kappa shape index (κ3) is 4.80. The largest absolute Gasteiger partial charge is 0.495 e. The molecule has 0 spiro atoms. The van der Waals surface area contributed by atoms with E-state index < -0.39 is 7.12 Å². The van der Waals surface area contributed by atoms with Crippen molar-refractivity contribution in [3.8, 4) is 0 Å². The highest BCUT2D eigenvalue weighted by Gasteiger charge is 2.52. The van der Waals surface area contributed by atoms with Crippen LogP contribution < -0.4 is 5.46 Å². The lowest BCUT2D eigenvalue weighted by Crippen LogP contribution is -2.41. The second-order valence-electron chi connectivity index (χ2n) is 8.35. The Labute approximate surface area is 174 Å². The average Bonchev–Trinajstić information content (AvgIpc) is 2.93. The summed E-state index contributed by atoms with van der Waals surface area (Å²) in [5.74, 6) is -0.344. The van der Waals surface area contributed by atoms with Crippen molar-refractivity contribution in [2.24, 2.45) is 0 Å². The normalized spacial score (nSPS) is 18.0. The molecule has 1 aliphatic rings. The predicted molar refractivity (Wildman–Crippen MR) is 117 cm³/mol. The first-order chi connectivity index (χ1) is 13.7. The number of ether oxygens (including phenoxy) is 1. The summed E-state index contributed by atoms with van der Waals surface area (Å²) in [5, 5.41) is 0. The van der Waals surface area contributed by atoms with Crippen LogP contribution in [0.5, 0.6) is 0 Å². The highest BCUT2D eigenvalue weighted by molar-refractivity contribution is 6.62. The van der Waals surface area contributed by atoms with Crippen LogP contribution in [0.15, 0.2) is 60.7 Å².